The molecule has 0 radical (unpaired) electrons. The number of halogens is 1. The van der Waals surface area contributed by atoms with E-state index in [1.807, 2.05) is 13.0 Å². The van der Waals surface area contributed by atoms with Crippen LogP contribution in [0.3, 0.4) is 0 Å². The van der Waals surface area contributed by atoms with Gasteiger partial charge in [-0.05, 0) is 73.2 Å². The molecule has 0 aliphatic carbocycles. The summed E-state index contributed by atoms with van der Waals surface area (Å²) in [6, 6.07) is 15.9. The Morgan fingerprint density at radius 3 is 2.22 bits per heavy atom. The molecule has 0 unspecified atom stereocenters. The number of methoxy groups -OCH3 is 2. The summed E-state index contributed by atoms with van der Waals surface area (Å²) in [7, 11) is -1.20. The smallest absolute Gasteiger partial charge is 0.264 e. The minimum atomic E-state index is -4.14. The number of aryl methyl sites for hydroxylation is 1. The van der Waals surface area contributed by atoms with Gasteiger partial charge in [-0.15, -0.1) is 0 Å². The second-order valence-corrected chi connectivity index (χ2v) is 8.78. The summed E-state index contributed by atoms with van der Waals surface area (Å²) in [6.45, 7) is 1.32. The first-order valence-corrected chi connectivity index (χ1v) is 11.1. The standard InChI is InChI=1S/C23H23FN2O5S/c1-16-4-13-22(31-3)21(14-16)25-23(27)15-26(18-7-5-17(24)6-8-18)32(28,29)20-11-9-19(30-2)10-12-20/h4-14H,15H2,1-3H3,(H,25,27). The van der Waals surface area contributed by atoms with Gasteiger partial charge in [-0.1, -0.05) is 6.07 Å². The van der Waals surface area contributed by atoms with Gasteiger partial charge in [0.05, 0.1) is 30.5 Å². The molecule has 0 aliphatic heterocycles. The van der Waals surface area contributed by atoms with E-state index >= 15 is 0 Å². The fraction of sp³-hybridized carbons (Fsp3) is 0.174. The molecular weight excluding hydrogens is 435 g/mol. The van der Waals surface area contributed by atoms with E-state index < -0.39 is 28.3 Å². The average molecular weight is 459 g/mol. The number of benzene rings is 3. The molecule has 3 aromatic rings. The van der Waals surface area contributed by atoms with Crippen molar-refractivity contribution in [2.75, 3.05) is 30.4 Å². The molecule has 3 rings (SSSR count). The molecule has 0 fully saturated rings. The van der Waals surface area contributed by atoms with Gasteiger partial charge < -0.3 is 14.8 Å². The van der Waals surface area contributed by atoms with Crippen LogP contribution in [0.25, 0.3) is 0 Å². The lowest BCUT2D eigenvalue weighted by atomic mass is 10.2. The Kier molecular flexibility index (Phi) is 6.99. The monoisotopic (exact) mass is 458 g/mol. The van der Waals surface area contributed by atoms with Crippen LogP contribution in [0.1, 0.15) is 5.56 Å². The molecule has 0 aliphatic rings. The predicted molar refractivity (Wildman–Crippen MR) is 120 cm³/mol. The highest BCUT2D eigenvalue weighted by molar-refractivity contribution is 7.92. The van der Waals surface area contributed by atoms with Gasteiger partial charge in [0.15, 0.2) is 0 Å². The van der Waals surface area contributed by atoms with Gasteiger partial charge in [-0.25, -0.2) is 12.8 Å². The number of nitrogens with one attached hydrogen (secondary N) is 1. The predicted octanol–water partition coefficient (Wildman–Crippen LogP) is 3.99. The Labute approximate surface area is 186 Å². The third kappa shape index (κ3) is 5.17. The maximum atomic E-state index is 13.4. The summed E-state index contributed by atoms with van der Waals surface area (Å²) in [5.74, 6) is -0.184. The van der Waals surface area contributed by atoms with Crippen molar-refractivity contribution in [2.24, 2.45) is 0 Å². The van der Waals surface area contributed by atoms with E-state index in [1.165, 1.54) is 50.6 Å². The fourth-order valence-electron chi connectivity index (χ4n) is 3.04. The second kappa shape index (κ2) is 9.69. The zero-order valence-electron chi connectivity index (χ0n) is 17.8. The number of rotatable bonds is 8. The first-order valence-electron chi connectivity index (χ1n) is 9.61. The lowest BCUT2D eigenvalue weighted by Gasteiger charge is -2.24. The summed E-state index contributed by atoms with van der Waals surface area (Å²) in [5, 5.41) is 2.69. The third-order valence-corrected chi connectivity index (χ3v) is 6.47. The zero-order chi connectivity index (χ0) is 23.3. The van der Waals surface area contributed by atoms with Gasteiger partial charge in [0.1, 0.15) is 23.9 Å². The largest absolute Gasteiger partial charge is 0.497 e. The molecule has 0 saturated heterocycles. The van der Waals surface area contributed by atoms with Gasteiger partial charge in [0.25, 0.3) is 10.0 Å². The molecule has 0 bridgehead atoms. The first kappa shape index (κ1) is 23.1. The van der Waals surface area contributed by atoms with Crippen molar-refractivity contribution in [3.8, 4) is 11.5 Å². The minimum absolute atomic E-state index is 0.0384. The van der Waals surface area contributed by atoms with E-state index in [0.29, 0.717) is 17.2 Å². The molecule has 7 nitrogen and oxygen atoms in total. The topological polar surface area (TPSA) is 84.9 Å². The summed E-state index contributed by atoms with van der Waals surface area (Å²) in [5.41, 5.74) is 1.45. The van der Waals surface area contributed by atoms with E-state index in [4.69, 9.17) is 9.47 Å². The van der Waals surface area contributed by atoms with Crippen molar-refractivity contribution in [2.45, 2.75) is 11.8 Å². The lowest BCUT2D eigenvalue weighted by molar-refractivity contribution is -0.114. The minimum Gasteiger partial charge on any atom is -0.497 e. The summed E-state index contributed by atoms with van der Waals surface area (Å²) < 4.78 is 51.4. The zero-order valence-corrected chi connectivity index (χ0v) is 18.6. The molecule has 168 valence electrons. The number of hydrogen-bond donors (Lipinski definition) is 1. The molecule has 1 amide bonds. The molecule has 0 aromatic heterocycles. The highest BCUT2D eigenvalue weighted by Gasteiger charge is 2.27. The maximum absolute atomic E-state index is 13.4. The first-order chi connectivity index (χ1) is 15.2. The molecule has 1 N–H and O–H groups in total. The number of carbonyl (C=O) groups excluding carboxylic acids is 1. The Hall–Kier alpha value is -3.59. The van der Waals surface area contributed by atoms with Gasteiger partial charge in [0.2, 0.25) is 5.91 Å². The van der Waals surface area contributed by atoms with E-state index in [2.05, 4.69) is 5.32 Å². The highest BCUT2D eigenvalue weighted by Crippen LogP contribution is 2.27. The molecule has 0 heterocycles. The van der Waals surface area contributed by atoms with Crippen LogP contribution in [0.2, 0.25) is 0 Å². The SMILES string of the molecule is COc1ccc(S(=O)(=O)N(CC(=O)Nc2cc(C)ccc2OC)c2ccc(F)cc2)cc1. The molecule has 0 atom stereocenters. The Balaban J connectivity index is 1.95. The number of hydrogen-bond acceptors (Lipinski definition) is 5. The van der Waals surface area contributed by atoms with Crippen LogP contribution in [0.5, 0.6) is 11.5 Å². The second-order valence-electron chi connectivity index (χ2n) is 6.92. The number of ether oxygens (including phenoxy) is 2. The van der Waals surface area contributed by atoms with Gasteiger partial charge in [0, 0.05) is 0 Å². The van der Waals surface area contributed by atoms with Crippen LogP contribution in [0.15, 0.2) is 71.6 Å². The van der Waals surface area contributed by atoms with Crippen LogP contribution >= 0.6 is 0 Å². The van der Waals surface area contributed by atoms with Crippen molar-refractivity contribution in [1.29, 1.82) is 0 Å². The van der Waals surface area contributed by atoms with Crippen molar-refractivity contribution >= 4 is 27.3 Å². The number of amides is 1. The van der Waals surface area contributed by atoms with Crippen molar-refractivity contribution in [1.82, 2.24) is 0 Å². The molecule has 0 saturated carbocycles. The van der Waals surface area contributed by atoms with E-state index in [-0.39, 0.29) is 10.6 Å². The third-order valence-electron chi connectivity index (χ3n) is 4.68. The molecule has 3 aromatic carbocycles. The average Bonchev–Trinajstić information content (AvgIpc) is 2.78. The van der Waals surface area contributed by atoms with Crippen LogP contribution in [0, 0.1) is 12.7 Å². The van der Waals surface area contributed by atoms with Gasteiger partial charge >= 0.3 is 0 Å². The normalized spacial score (nSPS) is 11.0. The Morgan fingerprint density at radius 2 is 1.62 bits per heavy atom. The Bertz CT molecular complexity index is 1200. The number of sulfonamides is 1. The summed E-state index contributed by atoms with van der Waals surface area (Å²) in [6.07, 6.45) is 0. The van der Waals surface area contributed by atoms with Crippen LogP contribution < -0.4 is 19.1 Å². The van der Waals surface area contributed by atoms with Gasteiger partial charge in [-0.3, -0.25) is 9.10 Å². The quantitative estimate of drug-likeness (QED) is 0.552. The van der Waals surface area contributed by atoms with E-state index in [1.54, 1.807) is 12.1 Å². The number of anilines is 2. The van der Waals surface area contributed by atoms with Crippen molar-refractivity contribution < 1.29 is 27.1 Å². The fourth-order valence-corrected chi connectivity index (χ4v) is 4.46. The summed E-state index contributed by atoms with van der Waals surface area (Å²) >= 11 is 0. The number of nitrogens with zero attached hydrogens (tertiary/aromatic N) is 1. The molecular formula is C23H23FN2O5S. The van der Waals surface area contributed by atoms with Crippen LogP contribution in [-0.2, 0) is 14.8 Å². The van der Waals surface area contributed by atoms with Crippen LogP contribution in [-0.4, -0.2) is 35.1 Å². The lowest BCUT2D eigenvalue weighted by Crippen LogP contribution is -2.38. The molecule has 0 spiro atoms. The van der Waals surface area contributed by atoms with Crippen molar-refractivity contribution in [3.05, 3.63) is 78.1 Å². The van der Waals surface area contributed by atoms with E-state index in [0.717, 1.165) is 22.0 Å². The van der Waals surface area contributed by atoms with Crippen LogP contribution in [0.4, 0.5) is 15.8 Å². The van der Waals surface area contributed by atoms with E-state index in [9.17, 15) is 17.6 Å². The summed E-state index contributed by atoms with van der Waals surface area (Å²) in [4.78, 5) is 12.8. The Morgan fingerprint density at radius 1 is 0.969 bits per heavy atom. The highest BCUT2D eigenvalue weighted by atomic mass is 32.2. The number of carbonyl (C=O) groups is 1. The molecule has 32 heavy (non-hydrogen) atoms. The van der Waals surface area contributed by atoms with Gasteiger partial charge in [-0.2, -0.15) is 0 Å². The maximum Gasteiger partial charge on any atom is 0.264 e. The molecule has 9 heteroatoms. The van der Waals surface area contributed by atoms with Crippen molar-refractivity contribution in [3.63, 3.8) is 0 Å².